The molecule has 1 heterocycles. The average Bonchev–Trinajstić information content (AvgIpc) is 3.05. The van der Waals surface area contributed by atoms with Crippen LogP contribution >= 0.6 is 0 Å². The van der Waals surface area contributed by atoms with E-state index in [1.54, 1.807) is 13.0 Å². The fourth-order valence-electron chi connectivity index (χ4n) is 1.76. The number of sulfonamides is 1. The SMILES string of the molecule is Cc1c(C2CO2)ccc(S(=O)(=O)N=[N+]=[N-])c1C. The molecule has 0 aliphatic carbocycles. The van der Waals surface area contributed by atoms with E-state index >= 15 is 0 Å². The Balaban J connectivity index is 2.58. The van der Waals surface area contributed by atoms with Gasteiger partial charge in [-0.3, -0.25) is 0 Å². The summed E-state index contributed by atoms with van der Waals surface area (Å²) in [5.41, 5.74) is 10.7. The fraction of sp³-hybridized carbons (Fsp3) is 0.400. The van der Waals surface area contributed by atoms with Gasteiger partial charge in [-0.05, 0) is 42.1 Å². The second kappa shape index (κ2) is 4.03. The molecule has 1 aromatic rings. The lowest BCUT2D eigenvalue weighted by Crippen LogP contribution is -2.02. The second-order valence-corrected chi connectivity index (χ2v) is 5.42. The van der Waals surface area contributed by atoms with Crippen LogP contribution in [-0.2, 0) is 14.8 Å². The Morgan fingerprint density at radius 3 is 2.59 bits per heavy atom. The van der Waals surface area contributed by atoms with Crippen LogP contribution in [0.5, 0.6) is 0 Å². The first-order chi connectivity index (χ1) is 7.97. The highest BCUT2D eigenvalue weighted by molar-refractivity contribution is 7.90. The van der Waals surface area contributed by atoms with Gasteiger partial charge in [0.15, 0.2) is 0 Å². The molecule has 7 heteroatoms. The maximum atomic E-state index is 11.7. The first-order valence-electron chi connectivity index (χ1n) is 5.00. The molecule has 2 rings (SSSR count). The lowest BCUT2D eigenvalue weighted by Gasteiger charge is -2.10. The largest absolute Gasteiger partial charge is 0.368 e. The molecule has 0 radical (unpaired) electrons. The van der Waals surface area contributed by atoms with Gasteiger partial charge in [-0.25, -0.2) is 8.42 Å². The number of benzene rings is 1. The van der Waals surface area contributed by atoms with Crippen LogP contribution in [0.15, 0.2) is 21.5 Å². The smallest absolute Gasteiger partial charge is 0.264 e. The third-order valence-corrected chi connectivity index (χ3v) is 4.17. The molecule has 0 aromatic heterocycles. The van der Waals surface area contributed by atoms with Gasteiger partial charge in [0, 0.05) is 9.43 Å². The zero-order chi connectivity index (χ0) is 12.6. The number of epoxide rings is 1. The third-order valence-electron chi connectivity index (χ3n) is 2.88. The van der Waals surface area contributed by atoms with E-state index in [1.165, 1.54) is 6.07 Å². The summed E-state index contributed by atoms with van der Waals surface area (Å²) in [5, 5.41) is 0. The van der Waals surface area contributed by atoms with Gasteiger partial charge in [0.1, 0.15) is 6.10 Å². The average molecular weight is 253 g/mol. The molecule has 6 nitrogen and oxygen atoms in total. The lowest BCUT2D eigenvalue weighted by molar-refractivity contribution is 0.414. The van der Waals surface area contributed by atoms with Crippen molar-refractivity contribution in [1.29, 1.82) is 0 Å². The molecule has 1 aromatic carbocycles. The van der Waals surface area contributed by atoms with Crippen molar-refractivity contribution in [2.45, 2.75) is 24.8 Å². The highest BCUT2D eigenvalue weighted by atomic mass is 32.2. The Labute approximate surface area is 98.9 Å². The first-order valence-corrected chi connectivity index (χ1v) is 6.44. The molecule has 1 unspecified atom stereocenters. The molecule has 0 spiro atoms. The van der Waals surface area contributed by atoms with E-state index in [0.29, 0.717) is 12.2 Å². The van der Waals surface area contributed by atoms with Gasteiger partial charge in [0.25, 0.3) is 10.0 Å². The van der Waals surface area contributed by atoms with E-state index in [-0.39, 0.29) is 11.0 Å². The van der Waals surface area contributed by atoms with Crippen molar-refractivity contribution in [3.63, 3.8) is 0 Å². The van der Waals surface area contributed by atoms with Crippen molar-refractivity contribution in [2.24, 2.45) is 4.52 Å². The Kier molecular flexibility index (Phi) is 2.82. The summed E-state index contributed by atoms with van der Waals surface area (Å²) >= 11 is 0. The van der Waals surface area contributed by atoms with Gasteiger partial charge < -0.3 is 4.74 Å². The van der Waals surface area contributed by atoms with Crippen LogP contribution in [0.3, 0.4) is 0 Å². The Morgan fingerprint density at radius 2 is 2.06 bits per heavy atom. The number of azide groups is 1. The molecule has 0 saturated carbocycles. The van der Waals surface area contributed by atoms with Gasteiger partial charge in [-0.1, -0.05) is 6.07 Å². The molecule has 0 N–H and O–H groups in total. The Hall–Kier alpha value is -1.56. The molecular formula is C10H11N3O3S. The number of hydrogen-bond donors (Lipinski definition) is 0. The third kappa shape index (κ3) is 2.12. The quantitative estimate of drug-likeness (QED) is 0.358. The highest BCUT2D eigenvalue weighted by Gasteiger charge is 2.28. The van der Waals surface area contributed by atoms with Crippen molar-refractivity contribution in [3.8, 4) is 0 Å². The predicted octanol–water partition coefficient (Wildman–Crippen LogP) is 2.37. The minimum atomic E-state index is -3.92. The molecule has 0 bridgehead atoms. The van der Waals surface area contributed by atoms with E-state index in [2.05, 4.69) is 9.43 Å². The van der Waals surface area contributed by atoms with Crippen LogP contribution in [0.4, 0.5) is 0 Å². The number of hydrogen-bond acceptors (Lipinski definition) is 3. The van der Waals surface area contributed by atoms with Gasteiger partial charge in [0.2, 0.25) is 0 Å². The van der Waals surface area contributed by atoms with Crippen LogP contribution in [0.2, 0.25) is 0 Å². The van der Waals surface area contributed by atoms with Crippen molar-refractivity contribution < 1.29 is 13.2 Å². The van der Waals surface area contributed by atoms with Gasteiger partial charge in [-0.15, -0.1) is 0 Å². The standard InChI is InChI=1S/C10H11N3O3S/c1-6-7(2)10(17(14,15)13-12-11)4-3-8(6)9-5-16-9/h3-4,9H,5H2,1-2H3. The maximum absolute atomic E-state index is 11.7. The Bertz CT molecular complexity index is 614. The van der Waals surface area contributed by atoms with Crippen molar-refractivity contribution in [1.82, 2.24) is 0 Å². The van der Waals surface area contributed by atoms with E-state index < -0.39 is 10.0 Å². The molecule has 90 valence electrons. The zero-order valence-corrected chi connectivity index (χ0v) is 10.2. The number of rotatable bonds is 3. The number of nitrogens with zero attached hydrogens (tertiary/aromatic N) is 3. The van der Waals surface area contributed by atoms with Gasteiger partial charge in [-0.2, -0.15) is 0 Å². The lowest BCUT2D eigenvalue weighted by atomic mass is 10.0. The summed E-state index contributed by atoms with van der Waals surface area (Å²) in [5.74, 6) is 0. The van der Waals surface area contributed by atoms with Crippen molar-refractivity contribution in [3.05, 3.63) is 39.3 Å². The van der Waals surface area contributed by atoms with Crippen molar-refractivity contribution in [2.75, 3.05) is 6.61 Å². The van der Waals surface area contributed by atoms with E-state index in [9.17, 15) is 8.42 Å². The molecule has 1 aliphatic heterocycles. The van der Waals surface area contributed by atoms with Crippen LogP contribution < -0.4 is 0 Å². The van der Waals surface area contributed by atoms with Crippen LogP contribution in [-0.4, -0.2) is 15.0 Å². The summed E-state index contributed by atoms with van der Waals surface area (Å²) in [6.45, 7) is 4.20. The second-order valence-electron chi connectivity index (χ2n) is 3.87. The molecule has 1 atom stereocenters. The van der Waals surface area contributed by atoms with Crippen LogP contribution in [0.1, 0.15) is 22.8 Å². The summed E-state index contributed by atoms with van der Waals surface area (Å²) in [7, 11) is -3.92. The van der Waals surface area contributed by atoms with E-state index in [0.717, 1.165) is 11.1 Å². The Morgan fingerprint density at radius 1 is 1.41 bits per heavy atom. The minimum Gasteiger partial charge on any atom is -0.368 e. The fourth-order valence-corrected chi connectivity index (χ4v) is 2.73. The zero-order valence-electron chi connectivity index (χ0n) is 9.41. The maximum Gasteiger partial charge on any atom is 0.264 e. The van der Waals surface area contributed by atoms with Crippen LogP contribution in [0, 0.1) is 13.8 Å². The van der Waals surface area contributed by atoms with Gasteiger partial charge >= 0.3 is 0 Å². The summed E-state index contributed by atoms with van der Waals surface area (Å²) < 4.78 is 31.3. The molecule has 1 aliphatic rings. The summed E-state index contributed by atoms with van der Waals surface area (Å²) in [4.78, 5) is 2.39. The summed E-state index contributed by atoms with van der Waals surface area (Å²) in [6.07, 6.45) is 0.0740. The number of ether oxygens (including phenoxy) is 1. The monoisotopic (exact) mass is 253 g/mol. The van der Waals surface area contributed by atoms with E-state index in [4.69, 9.17) is 10.3 Å². The molecular weight excluding hydrogens is 242 g/mol. The van der Waals surface area contributed by atoms with Crippen LogP contribution in [0.25, 0.3) is 10.4 Å². The topological polar surface area (TPSA) is 95.4 Å². The molecule has 1 saturated heterocycles. The molecule has 17 heavy (non-hydrogen) atoms. The molecule has 0 amide bonds. The van der Waals surface area contributed by atoms with E-state index in [1.807, 2.05) is 6.92 Å². The predicted molar refractivity (Wildman–Crippen MR) is 60.9 cm³/mol. The van der Waals surface area contributed by atoms with Gasteiger partial charge in [0.05, 0.1) is 11.5 Å². The minimum absolute atomic E-state index is 0.0530. The first kappa shape index (κ1) is 11.9. The van der Waals surface area contributed by atoms with Crippen molar-refractivity contribution >= 4 is 10.0 Å². The highest BCUT2D eigenvalue weighted by Crippen LogP contribution is 2.35. The normalized spacial score (nSPS) is 18.6. The molecule has 1 fully saturated rings. The summed E-state index contributed by atoms with van der Waals surface area (Å²) in [6, 6.07) is 3.17.